The number of ether oxygens (including phenoxy) is 1. The van der Waals surface area contributed by atoms with Crippen molar-refractivity contribution in [3.05, 3.63) is 77.8 Å². The molecule has 0 aliphatic carbocycles. The first-order chi connectivity index (χ1) is 16.6. The molecule has 0 fully saturated rings. The summed E-state index contributed by atoms with van der Waals surface area (Å²) in [5.41, 5.74) is 0.870. The fourth-order valence-electron chi connectivity index (χ4n) is 2.96. The molecule has 7 nitrogen and oxygen atoms in total. The molecule has 2 rings (SSSR count). The van der Waals surface area contributed by atoms with Gasteiger partial charge in [0.1, 0.15) is 5.75 Å². The molecule has 35 heavy (non-hydrogen) atoms. The summed E-state index contributed by atoms with van der Waals surface area (Å²) >= 11 is 8.66. The Balaban J connectivity index is 2.08. The molecule has 0 saturated carbocycles. The standard InChI is InChI=1S/C25H30BrN3O4S2/c1-5-14-29(15-6-2)35(31,32)21-10-8-20(9-11-21)27-25(34)28-24(30)22-17-19(26)7-12-23(22)33-16-13-18(3)4/h5-12,17-18H,1-2,13-16H2,3-4H3,(H2,27,28,30,34). The Bertz CT molecular complexity index is 1160. The molecule has 2 aromatic carbocycles. The van der Waals surface area contributed by atoms with Gasteiger partial charge in [-0.3, -0.25) is 10.1 Å². The number of nitrogens with one attached hydrogen (secondary N) is 2. The Labute approximate surface area is 221 Å². The van der Waals surface area contributed by atoms with E-state index in [-0.39, 0.29) is 23.1 Å². The van der Waals surface area contributed by atoms with Gasteiger partial charge in [0.2, 0.25) is 10.0 Å². The molecule has 2 N–H and O–H groups in total. The second-order valence-corrected chi connectivity index (χ2v) is 11.3. The molecule has 0 aromatic heterocycles. The minimum atomic E-state index is -3.71. The number of anilines is 1. The molecule has 0 bridgehead atoms. The second-order valence-electron chi connectivity index (χ2n) is 8.00. The summed E-state index contributed by atoms with van der Waals surface area (Å²) in [5.74, 6) is 0.521. The van der Waals surface area contributed by atoms with Gasteiger partial charge in [0.25, 0.3) is 5.91 Å². The van der Waals surface area contributed by atoms with E-state index >= 15 is 0 Å². The fraction of sp³-hybridized carbons (Fsp3) is 0.280. The number of carbonyl (C=O) groups is 1. The number of amides is 1. The van der Waals surface area contributed by atoms with Crippen LogP contribution in [0, 0.1) is 5.92 Å². The number of benzene rings is 2. The van der Waals surface area contributed by atoms with Gasteiger partial charge in [-0.25, -0.2) is 8.42 Å². The minimum absolute atomic E-state index is 0.0682. The lowest BCUT2D eigenvalue weighted by Gasteiger charge is -2.19. The number of thiocarbonyl (C=S) groups is 1. The Morgan fingerprint density at radius 2 is 1.77 bits per heavy atom. The monoisotopic (exact) mass is 579 g/mol. The molecule has 1 amide bonds. The van der Waals surface area contributed by atoms with Crippen molar-refractivity contribution in [2.75, 3.05) is 25.0 Å². The van der Waals surface area contributed by atoms with Gasteiger partial charge in [-0.15, -0.1) is 13.2 Å². The van der Waals surface area contributed by atoms with E-state index < -0.39 is 15.9 Å². The highest BCUT2D eigenvalue weighted by Crippen LogP contribution is 2.24. The second kappa shape index (κ2) is 13.5. The maximum Gasteiger partial charge on any atom is 0.261 e. The number of hydrogen-bond acceptors (Lipinski definition) is 5. The Morgan fingerprint density at radius 1 is 1.14 bits per heavy atom. The van der Waals surface area contributed by atoms with Crippen molar-refractivity contribution in [3.8, 4) is 5.75 Å². The van der Waals surface area contributed by atoms with Crippen LogP contribution >= 0.6 is 28.1 Å². The van der Waals surface area contributed by atoms with Crippen molar-refractivity contribution in [2.45, 2.75) is 25.2 Å². The molecule has 10 heteroatoms. The van der Waals surface area contributed by atoms with Gasteiger partial charge in [0, 0.05) is 23.2 Å². The van der Waals surface area contributed by atoms with Gasteiger partial charge in [-0.2, -0.15) is 4.31 Å². The fourth-order valence-corrected chi connectivity index (χ4v) is 4.91. The minimum Gasteiger partial charge on any atom is -0.493 e. The Morgan fingerprint density at radius 3 is 2.34 bits per heavy atom. The molecule has 0 spiro atoms. The maximum absolute atomic E-state index is 12.9. The van der Waals surface area contributed by atoms with E-state index in [1.165, 1.54) is 28.6 Å². The van der Waals surface area contributed by atoms with E-state index in [0.29, 0.717) is 29.5 Å². The van der Waals surface area contributed by atoms with Crippen molar-refractivity contribution in [3.63, 3.8) is 0 Å². The lowest BCUT2D eigenvalue weighted by molar-refractivity contribution is 0.0973. The molecule has 0 unspecified atom stereocenters. The zero-order valence-corrected chi connectivity index (χ0v) is 23.0. The largest absolute Gasteiger partial charge is 0.493 e. The quantitative estimate of drug-likeness (QED) is 0.260. The van der Waals surface area contributed by atoms with Crippen molar-refractivity contribution >= 4 is 54.9 Å². The van der Waals surface area contributed by atoms with Crippen LogP contribution in [0.3, 0.4) is 0 Å². The third-order valence-corrected chi connectivity index (χ3v) is 7.32. The van der Waals surface area contributed by atoms with Crippen LogP contribution in [-0.4, -0.2) is 43.4 Å². The van der Waals surface area contributed by atoms with Gasteiger partial charge >= 0.3 is 0 Å². The van der Waals surface area contributed by atoms with E-state index in [1.807, 2.05) is 0 Å². The summed E-state index contributed by atoms with van der Waals surface area (Å²) in [6.45, 7) is 12.2. The molecule has 0 aliphatic rings. The SMILES string of the molecule is C=CCN(CC=C)S(=O)(=O)c1ccc(NC(=S)NC(=O)c2cc(Br)ccc2OCCC(C)C)cc1. The number of rotatable bonds is 12. The molecule has 0 saturated heterocycles. The third-order valence-electron chi connectivity index (χ3n) is 4.78. The summed E-state index contributed by atoms with van der Waals surface area (Å²) in [7, 11) is -3.71. The number of halogens is 1. The Hall–Kier alpha value is -2.53. The average molecular weight is 581 g/mol. The van der Waals surface area contributed by atoms with Crippen LogP contribution in [0.1, 0.15) is 30.6 Å². The molecular weight excluding hydrogens is 550 g/mol. The molecule has 188 valence electrons. The van der Waals surface area contributed by atoms with Crippen LogP contribution in [0.2, 0.25) is 0 Å². The van der Waals surface area contributed by atoms with E-state index in [9.17, 15) is 13.2 Å². The first-order valence-corrected chi connectivity index (χ1v) is 13.6. The summed E-state index contributed by atoms with van der Waals surface area (Å²) in [4.78, 5) is 13.0. The number of hydrogen-bond donors (Lipinski definition) is 2. The van der Waals surface area contributed by atoms with Gasteiger partial charge in [-0.1, -0.05) is 41.9 Å². The number of sulfonamides is 1. The highest BCUT2D eigenvalue weighted by Gasteiger charge is 2.22. The molecular formula is C25H30BrN3O4S2. The first-order valence-electron chi connectivity index (χ1n) is 10.9. The van der Waals surface area contributed by atoms with Crippen LogP contribution in [0.25, 0.3) is 0 Å². The molecule has 0 heterocycles. The topological polar surface area (TPSA) is 87.7 Å². The summed E-state index contributed by atoms with van der Waals surface area (Å²) in [6, 6.07) is 11.3. The zero-order chi connectivity index (χ0) is 26.0. The predicted octanol–water partition coefficient (Wildman–Crippen LogP) is 5.36. The van der Waals surface area contributed by atoms with E-state index in [0.717, 1.165) is 10.9 Å². The van der Waals surface area contributed by atoms with Crippen LogP contribution in [-0.2, 0) is 10.0 Å². The van der Waals surface area contributed by atoms with E-state index in [4.69, 9.17) is 17.0 Å². The predicted molar refractivity (Wildman–Crippen MR) is 148 cm³/mol. The molecule has 0 aliphatic heterocycles. The first kappa shape index (κ1) is 28.7. The van der Waals surface area contributed by atoms with E-state index in [1.54, 1.807) is 30.3 Å². The third kappa shape index (κ3) is 8.57. The van der Waals surface area contributed by atoms with Crippen LogP contribution in [0.4, 0.5) is 5.69 Å². The van der Waals surface area contributed by atoms with Crippen LogP contribution < -0.4 is 15.4 Å². The van der Waals surface area contributed by atoms with Gasteiger partial charge in [0.05, 0.1) is 17.1 Å². The highest BCUT2D eigenvalue weighted by molar-refractivity contribution is 9.10. The normalized spacial score (nSPS) is 11.2. The van der Waals surface area contributed by atoms with Crippen molar-refractivity contribution in [1.82, 2.24) is 9.62 Å². The van der Waals surface area contributed by atoms with Crippen LogP contribution in [0.15, 0.2) is 77.1 Å². The van der Waals surface area contributed by atoms with Gasteiger partial charge in [0.15, 0.2) is 5.11 Å². The van der Waals surface area contributed by atoms with Crippen molar-refractivity contribution < 1.29 is 17.9 Å². The lowest BCUT2D eigenvalue weighted by atomic mass is 10.1. The molecule has 2 aromatic rings. The van der Waals surface area contributed by atoms with Crippen molar-refractivity contribution in [1.29, 1.82) is 0 Å². The summed E-state index contributed by atoms with van der Waals surface area (Å²) in [5, 5.41) is 5.61. The summed E-state index contributed by atoms with van der Waals surface area (Å²) in [6.07, 6.45) is 3.90. The zero-order valence-electron chi connectivity index (χ0n) is 19.8. The van der Waals surface area contributed by atoms with Crippen molar-refractivity contribution in [2.24, 2.45) is 5.92 Å². The van der Waals surface area contributed by atoms with Crippen LogP contribution in [0.5, 0.6) is 5.75 Å². The van der Waals surface area contributed by atoms with Gasteiger partial charge < -0.3 is 10.1 Å². The highest BCUT2D eigenvalue weighted by atomic mass is 79.9. The maximum atomic E-state index is 12.9. The number of nitrogens with zero attached hydrogens (tertiary/aromatic N) is 1. The smallest absolute Gasteiger partial charge is 0.261 e. The molecule has 0 radical (unpaired) electrons. The Kier molecular flexibility index (Phi) is 11.1. The van der Waals surface area contributed by atoms with E-state index in [2.05, 4.69) is 53.6 Å². The lowest BCUT2D eigenvalue weighted by Crippen LogP contribution is -2.34. The number of carbonyl (C=O) groups excluding carboxylic acids is 1. The molecule has 0 atom stereocenters. The van der Waals surface area contributed by atoms with Gasteiger partial charge in [-0.05, 0) is 67.0 Å². The average Bonchev–Trinajstić information content (AvgIpc) is 2.79. The summed E-state index contributed by atoms with van der Waals surface area (Å²) < 4.78 is 33.5.